The second-order valence-electron chi connectivity index (χ2n) is 9.04. The van der Waals surface area contributed by atoms with Crippen LogP contribution in [0.25, 0.3) is 10.9 Å². The van der Waals surface area contributed by atoms with Crippen molar-refractivity contribution in [2.45, 2.75) is 56.9 Å². The van der Waals surface area contributed by atoms with Crippen molar-refractivity contribution in [2.24, 2.45) is 0 Å². The van der Waals surface area contributed by atoms with Gasteiger partial charge in [-0.2, -0.15) is 13.2 Å². The number of aromatic nitrogens is 1. The van der Waals surface area contributed by atoms with Gasteiger partial charge >= 0.3 is 6.18 Å². The molecule has 1 aromatic heterocycles. The molecule has 2 aromatic rings. The van der Waals surface area contributed by atoms with E-state index in [-0.39, 0.29) is 12.3 Å². The molecule has 2 fully saturated rings. The van der Waals surface area contributed by atoms with Crippen molar-refractivity contribution in [1.29, 1.82) is 0 Å². The third-order valence-corrected chi connectivity index (χ3v) is 7.19. The zero-order valence-electron chi connectivity index (χ0n) is 17.6. The van der Waals surface area contributed by atoms with Gasteiger partial charge in [0.05, 0.1) is 6.04 Å². The van der Waals surface area contributed by atoms with Crippen molar-refractivity contribution < 1.29 is 18.0 Å². The molecule has 2 aliphatic heterocycles. The van der Waals surface area contributed by atoms with Crippen LogP contribution in [0.4, 0.5) is 13.2 Å². The van der Waals surface area contributed by atoms with Crippen LogP contribution < -0.4 is 5.32 Å². The molecule has 3 heterocycles. The summed E-state index contributed by atoms with van der Waals surface area (Å²) >= 11 is 0. The zero-order valence-corrected chi connectivity index (χ0v) is 17.6. The van der Waals surface area contributed by atoms with Crippen molar-refractivity contribution in [3.05, 3.63) is 35.5 Å². The molecule has 8 heteroatoms. The van der Waals surface area contributed by atoms with Crippen LogP contribution in [0.2, 0.25) is 0 Å². The summed E-state index contributed by atoms with van der Waals surface area (Å²) in [5.41, 5.74) is 2.18. The van der Waals surface area contributed by atoms with E-state index in [9.17, 15) is 18.0 Å². The van der Waals surface area contributed by atoms with Gasteiger partial charge in [0.2, 0.25) is 5.91 Å². The van der Waals surface area contributed by atoms with E-state index >= 15 is 0 Å². The SMILES string of the molecule is O=C(CC1NCCc2c1n(CC(F)(F)F)c1ccccc21)N1CCN(C2CCC2)CC1. The van der Waals surface area contributed by atoms with Gasteiger partial charge in [0.1, 0.15) is 6.54 Å². The van der Waals surface area contributed by atoms with Gasteiger partial charge in [0.25, 0.3) is 0 Å². The first kappa shape index (κ1) is 20.8. The molecule has 1 saturated carbocycles. The Bertz CT molecular complexity index is 958. The monoisotopic (exact) mass is 434 g/mol. The summed E-state index contributed by atoms with van der Waals surface area (Å²) in [6, 6.07) is 7.57. The fraction of sp³-hybridized carbons (Fsp3) is 0.609. The highest BCUT2D eigenvalue weighted by atomic mass is 19.4. The lowest BCUT2D eigenvalue weighted by Gasteiger charge is -2.43. The summed E-state index contributed by atoms with van der Waals surface area (Å²) < 4.78 is 41.6. The largest absolute Gasteiger partial charge is 0.406 e. The Morgan fingerprint density at radius 1 is 1.10 bits per heavy atom. The van der Waals surface area contributed by atoms with Crippen molar-refractivity contribution in [3.63, 3.8) is 0 Å². The highest BCUT2D eigenvalue weighted by Gasteiger charge is 2.36. The lowest BCUT2D eigenvalue weighted by atomic mass is 9.91. The number of carbonyl (C=O) groups excluding carboxylic acids is 1. The van der Waals surface area contributed by atoms with Crippen LogP contribution in [0.5, 0.6) is 0 Å². The second-order valence-corrected chi connectivity index (χ2v) is 9.04. The smallest absolute Gasteiger partial charge is 0.340 e. The molecule has 5 nitrogen and oxygen atoms in total. The third-order valence-electron chi connectivity index (χ3n) is 7.19. The lowest BCUT2D eigenvalue weighted by molar-refractivity contribution is -0.140. The number of hydrogen-bond donors (Lipinski definition) is 1. The minimum atomic E-state index is -4.32. The predicted molar refractivity (Wildman–Crippen MR) is 113 cm³/mol. The van der Waals surface area contributed by atoms with E-state index in [1.165, 1.54) is 23.8 Å². The summed E-state index contributed by atoms with van der Waals surface area (Å²) in [6.45, 7) is 2.85. The fourth-order valence-electron chi connectivity index (χ4n) is 5.43. The number of piperazine rings is 1. The molecule has 31 heavy (non-hydrogen) atoms. The van der Waals surface area contributed by atoms with E-state index in [2.05, 4.69) is 10.2 Å². The molecule has 3 aliphatic rings. The van der Waals surface area contributed by atoms with Gasteiger partial charge in [-0.25, -0.2) is 0 Å². The molecule has 5 rings (SSSR count). The standard InChI is InChI=1S/C23H29F3N4O/c24-23(25,26)15-30-20-7-2-1-6-17(20)18-8-9-27-19(22(18)30)14-21(31)29-12-10-28(11-13-29)16-4-3-5-16/h1-2,6-7,16,19,27H,3-5,8-15H2. The number of carbonyl (C=O) groups is 1. The Labute approximate surface area is 180 Å². The number of halogens is 3. The molecular weight excluding hydrogens is 405 g/mol. The average Bonchev–Trinajstić information content (AvgIpc) is 3.01. The Balaban J connectivity index is 1.36. The van der Waals surface area contributed by atoms with Crippen LogP contribution in [0.1, 0.15) is 43.0 Å². The first-order valence-electron chi connectivity index (χ1n) is 11.3. The summed E-state index contributed by atoms with van der Waals surface area (Å²) in [4.78, 5) is 17.5. The van der Waals surface area contributed by atoms with Crippen LogP contribution >= 0.6 is 0 Å². The number of amides is 1. The average molecular weight is 435 g/mol. The molecule has 0 bridgehead atoms. The van der Waals surface area contributed by atoms with E-state index in [0.717, 1.165) is 24.0 Å². The number of para-hydroxylation sites is 1. The maximum Gasteiger partial charge on any atom is 0.406 e. The van der Waals surface area contributed by atoms with Gasteiger partial charge < -0.3 is 14.8 Å². The number of benzene rings is 1. The number of nitrogens with one attached hydrogen (secondary N) is 1. The van der Waals surface area contributed by atoms with Crippen LogP contribution in [0.15, 0.2) is 24.3 Å². The number of rotatable bonds is 4. The maximum absolute atomic E-state index is 13.4. The maximum atomic E-state index is 13.4. The van der Waals surface area contributed by atoms with Gasteiger partial charge in [-0.05, 0) is 37.4 Å². The molecule has 168 valence electrons. The molecular formula is C23H29F3N4O. The van der Waals surface area contributed by atoms with Crippen molar-refractivity contribution in [1.82, 2.24) is 19.7 Å². The van der Waals surface area contributed by atoms with Crippen molar-refractivity contribution in [2.75, 3.05) is 32.7 Å². The van der Waals surface area contributed by atoms with E-state index in [0.29, 0.717) is 43.3 Å². The van der Waals surface area contributed by atoms with Crippen molar-refractivity contribution in [3.8, 4) is 0 Å². The third kappa shape index (κ3) is 4.07. The van der Waals surface area contributed by atoms with Crippen LogP contribution in [0, 0.1) is 0 Å². The highest BCUT2D eigenvalue weighted by Crippen LogP contribution is 2.37. The second kappa shape index (κ2) is 8.13. The van der Waals surface area contributed by atoms with Crippen molar-refractivity contribution >= 4 is 16.8 Å². The summed E-state index contributed by atoms with van der Waals surface area (Å²) in [7, 11) is 0. The minimum Gasteiger partial charge on any atom is -0.340 e. The molecule has 0 radical (unpaired) electrons. The van der Waals surface area contributed by atoms with Crippen LogP contribution in [0.3, 0.4) is 0 Å². The normalized spacial score (nSPS) is 23.1. The van der Waals surface area contributed by atoms with Gasteiger partial charge in [-0.15, -0.1) is 0 Å². The number of hydrogen-bond acceptors (Lipinski definition) is 3. The Morgan fingerprint density at radius 3 is 2.52 bits per heavy atom. The molecule has 1 amide bonds. The predicted octanol–water partition coefficient (Wildman–Crippen LogP) is 3.48. The minimum absolute atomic E-state index is 0.0300. The Hall–Kier alpha value is -2.06. The molecule has 1 aromatic carbocycles. The molecule has 1 unspecified atom stereocenters. The van der Waals surface area contributed by atoms with E-state index in [1.807, 2.05) is 17.0 Å². The van der Waals surface area contributed by atoms with Gasteiger partial charge in [0, 0.05) is 55.2 Å². The number of fused-ring (bicyclic) bond motifs is 3. The summed E-state index contributed by atoms with van der Waals surface area (Å²) in [5.74, 6) is 0.0300. The van der Waals surface area contributed by atoms with Gasteiger partial charge in [-0.1, -0.05) is 24.6 Å². The van der Waals surface area contributed by atoms with Gasteiger partial charge in [-0.3, -0.25) is 9.69 Å². The van der Waals surface area contributed by atoms with Crippen LogP contribution in [-0.2, 0) is 17.8 Å². The van der Waals surface area contributed by atoms with E-state index < -0.39 is 18.8 Å². The number of nitrogens with zero attached hydrogens (tertiary/aromatic N) is 3. The Kier molecular flexibility index (Phi) is 5.46. The molecule has 1 aliphatic carbocycles. The van der Waals surface area contributed by atoms with E-state index in [4.69, 9.17) is 0 Å². The van der Waals surface area contributed by atoms with E-state index in [1.54, 1.807) is 12.1 Å². The zero-order chi connectivity index (χ0) is 21.6. The molecule has 1 N–H and O–H groups in total. The summed E-state index contributed by atoms with van der Waals surface area (Å²) in [6.07, 6.45) is 0.361. The first-order valence-corrected chi connectivity index (χ1v) is 11.3. The summed E-state index contributed by atoms with van der Waals surface area (Å²) in [5, 5.41) is 4.20. The fourth-order valence-corrected chi connectivity index (χ4v) is 5.43. The lowest BCUT2D eigenvalue weighted by Crippen LogP contribution is -2.54. The van der Waals surface area contributed by atoms with Gasteiger partial charge in [0.15, 0.2) is 0 Å². The molecule has 0 spiro atoms. The molecule has 1 saturated heterocycles. The first-order chi connectivity index (χ1) is 14.9. The Morgan fingerprint density at radius 2 is 1.84 bits per heavy atom. The highest BCUT2D eigenvalue weighted by molar-refractivity contribution is 5.87. The number of alkyl halides is 3. The van der Waals surface area contributed by atoms with Crippen LogP contribution in [-0.4, -0.2) is 65.2 Å². The quantitative estimate of drug-likeness (QED) is 0.801. The molecule has 1 atom stereocenters. The topological polar surface area (TPSA) is 40.5 Å².